The molecule has 19 heavy (non-hydrogen) atoms. The van der Waals surface area contributed by atoms with Crippen LogP contribution in [0.4, 0.5) is 5.69 Å². The molecular weight excluding hydrogens is 332 g/mol. The molecule has 7 heteroatoms. The highest BCUT2D eigenvalue weighted by Gasteiger charge is 2.22. The van der Waals surface area contributed by atoms with Gasteiger partial charge in [-0.2, -0.15) is 0 Å². The van der Waals surface area contributed by atoms with Crippen LogP contribution < -0.4 is 11.1 Å². The Morgan fingerprint density at radius 3 is 2.84 bits per heavy atom. The van der Waals surface area contributed by atoms with Crippen LogP contribution in [0.1, 0.15) is 6.92 Å². The molecule has 1 aromatic rings. The fraction of sp³-hybridized carbons (Fsp3) is 0.417. The summed E-state index contributed by atoms with van der Waals surface area (Å²) in [5.74, 6) is -0.265. The van der Waals surface area contributed by atoms with Crippen LogP contribution in [-0.2, 0) is 20.3 Å². The molecule has 0 fully saturated rings. The predicted molar refractivity (Wildman–Crippen MR) is 79.3 cm³/mol. The van der Waals surface area contributed by atoms with Crippen molar-refractivity contribution >= 4 is 38.3 Å². The average Bonchev–Trinajstić information content (AvgIpc) is 2.37. The largest absolute Gasteiger partial charge is 0.399 e. The first-order chi connectivity index (χ1) is 8.97. The maximum Gasteiger partial charge on any atom is 0.235 e. The van der Waals surface area contributed by atoms with Gasteiger partial charge in [-0.3, -0.25) is 9.00 Å². The van der Waals surface area contributed by atoms with E-state index in [9.17, 15) is 9.00 Å². The molecular formula is C12H17BrN2O3S. The number of hydrogen-bond acceptors (Lipinski definition) is 4. The van der Waals surface area contributed by atoms with Crippen LogP contribution in [0.5, 0.6) is 0 Å². The number of methoxy groups -OCH3 is 1. The lowest BCUT2D eigenvalue weighted by molar-refractivity contribution is -0.120. The number of nitrogen functional groups attached to an aromatic ring is 1. The number of anilines is 1. The number of carbonyl (C=O) groups excluding carboxylic acids is 1. The number of amides is 1. The summed E-state index contributed by atoms with van der Waals surface area (Å²) < 4.78 is 17.8. The van der Waals surface area contributed by atoms with Crippen molar-refractivity contribution in [2.45, 2.75) is 17.1 Å². The number of carbonyl (C=O) groups is 1. The normalized spacial score (nSPS) is 13.8. The summed E-state index contributed by atoms with van der Waals surface area (Å²) in [6.45, 7) is 2.46. The minimum absolute atomic E-state index is 0.265. The predicted octanol–water partition coefficient (Wildman–Crippen LogP) is 1.29. The Bertz CT molecular complexity index is 482. The van der Waals surface area contributed by atoms with Crippen molar-refractivity contribution in [3.63, 3.8) is 0 Å². The van der Waals surface area contributed by atoms with Gasteiger partial charge in [-0.05, 0) is 41.1 Å². The molecule has 0 saturated heterocycles. The maximum absolute atomic E-state index is 12.3. The molecule has 106 valence electrons. The van der Waals surface area contributed by atoms with E-state index >= 15 is 0 Å². The lowest BCUT2D eigenvalue weighted by Crippen LogP contribution is -2.37. The van der Waals surface area contributed by atoms with Crippen LogP contribution in [0.3, 0.4) is 0 Å². The molecule has 3 N–H and O–H groups in total. The molecule has 0 saturated carbocycles. The second-order valence-corrected chi connectivity index (χ2v) is 6.51. The Morgan fingerprint density at radius 2 is 2.26 bits per heavy atom. The fourth-order valence-corrected chi connectivity index (χ4v) is 3.38. The zero-order chi connectivity index (χ0) is 14.4. The first-order valence-electron chi connectivity index (χ1n) is 5.69. The van der Waals surface area contributed by atoms with Gasteiger partial charge < -0.3 is 15.8 Å². The summed E-state index contributed by atoms with van der Waals surface area (Å²) in [5.41, 5.74) is 6.20. The van der Waals surface area contributed by atoms with Gasteiger partial charge in [0.1, 0.15) is 5.25 Å². The van der Waals surface area contributed by atoms with E-state index in [2.05, 4.69) is 21.2 Å². The lowest BCUT2D eigenvalue weighted by Gasteiger charge is -2.13. The number of benzene rings is 1. The second-order valence-electron chi connectivity index (χ2n) is 3.91. The highest BCUT2D eigenvalue weighted by Crippen LogP contribution is 2.24. The van der Waals surface area contributed by atoms with Crippen LogP contribution in [0.2, 0.25) is 0 Å². The molecule has 0 aliphatic carbocycles. The van der Waals surface area contributed by atoms with Crippen molar-refractivity contribution in [3.8, 4) is 0 Å². The number of nitrogens with two attached hydrogens (primary N) is 1. The van der Waals surface area contributed by atoms with E-state index < -0.39 is 16.0 Å². The van der Waals surface area contributed by atoms with Gasteiger partial charge in [0.2, 0.25) is 5.91 Å². The van der Waals surface area contributed by atoms with Gasteiger partial charge in [-0.15, -0.1) is 0 Å². The quantitative estimate of drug-likeness (QED) is 0.599. The van der Waals surface area contributed by atoms with E-state index in [0.717, 1.165) is 0 Å². The number of hydrogen-bond donors (Lipinski definition) is 2. The van der Waals surface area contributed by atoms with Gasteiger partial charge in [0.05, 0.1) is 22.3 Å². The monoisotopic (exact) mass is 348 g/mol. The zero-order valence-corrected chi connectivity index (χ0v) is 13.2. The zero-order valence-electron chi connectivity index (χ0n) is 10.8. The van der Waals surface area contributed by atoms with Gasteiger partial charge in [-0.1, -0.05) is 0 Å². The average molecular weight is 349 g/mol. The van der Waals surface area contributed by atoms with Crippen molar-refractivity contribution in [2.24, 2.45) is 0 Å². The standard InChI is InChI=1S/C12H17BrN2O3S/c1-8(12(16)15-5-6-18-2)19(17)11-4-3-9(14)7-10(11)13/h3-4,7-8H,5-6,14H2,1-2H3,(H,15,16). The number of nitrogens with one attached hydrogen (secondary N) is 1. The summed E-state index contributed by atoms with van der Waals surface area (Å²) in [4.78, 5) is 12.4. The minimum atomic E-state index is -1.44. The molecule has 0 aliphatic rings. The van der Waals surface area contributed by atoms with Crippen molar-refractivity contribution < 1.29 is 13.7 Å². The molecule has 0 aromatic heterocycles. The topological polar surface area (TPSA) is 81.4 Å². The van der Waals surface area contributed by atoms with Crippen LogP contribution in [0.25, 0.3) is 0 Å². The molecule has 2 unspecified atom stereocenters. The van der Waals surface area contributed by atoms with Crippen LogP contribution in [-0.4, -0.2) is 35.6 Å². The number of halogens is 1. The highest BCUT2D eigenvalue weighted by molar-refractivity contribution is 9.10. The van der Waals surface area contributed by atoms with E-state index in [1.165, 1.54) is 0 Å². The molecule has 1 rings (SSSR count). The number of ether oxygens (including phenoxy) is 1. The third-order valence-electron chi connectivity index (χ3n) is 2.47. The SMILES string of the molecule is COCCNC(=O)C(C)S(=O)c1ccc(N)cc1Br. The van der Waals surface area contributed by atoms with Gasteiger partial charge in [0, 0.05) is 23.8 Å². The lowest BCUT2D eigenvalue weighted by atomic mass is 10.3. The van der Waals surface area contributed by atoms with Crippen molar-refractivity contribution in [1.82, 2.24) is 5.32 Å². The van der Waals surface area contributed by atoms with Gasteiger partial charge >= 0.3 is 0 Å². The summed E-state index contributed by atoms with van der Waals surface area (Å²) in [6, 6.07) is 4.99. The molecule has 0 heterocycles. The molecule has 0 radical (unpaired) electrons. The molecule has 1 amide bonds. The van der Waals surface area contributed by atoms with Crippen LogP contribution in [0.15, 0.2) is 27.6 Å². The van der Waals surface area contributed by atoms with Crippen LogP contribution >= 0.6 is 15.9 Å². The van der Waals surface area contributed by atoms with E-state index in [-0.39, 0.29) is 5.91 Å². The van der Waals surface area contributed by atoms with Crippen molar-refractivity contribution in [3.05, 3.63) is 22.7 Å². The maximum atomic E-state index is 12.3. The summed E-state index contributed by atoms with van der Waals surface area (Å²) >= 11 is 3.30. The highest BCUT2D eigenvalue weighted by atomic mass is 79.9. The van der Waals surface area contributed by atoms with E-state index in [4.69, 9.17) is 10.5 Å². The molecule has 5 nitrogen and oxygen atoms in total. The molecule has 0 aliphatic heterocycles. The summed E-state index contributed by atoms with van der Waals surface area (Å²) in [6.07, 6.45) is 0. The Balaban J connectivity index is 2.73. The Morgan fingerprint density at radius 1 is 1.58 bits per heavy atom. The third kappa shape index (κ3) is 4.59. The third-order valence-corrected chi connectivity index (χ3v) is 5.03. The van der Waals surface area contributed by atoms with E-state index in [1.807, 2.05) is 0 Å². The van der Waals surface area contributed by atoms with Crippen molar-refractivity contribution in [1.29, 1.82) is 0 Å². The van der Waals surface area contributed by atoms with Crippen LogP contribution in [0, 0.1) is 0 Å². The smallest absolute Gasteiger partial charge is 0.235 e. The molecule has 2 atom stereocenters. The van der Waals surface area contributed by atoms with Crippen molar-refractivity contribution in [2.75, 3.05) is 26.0 Å². The van der Waals surface area contributed by atoms with Gasteiger partial charge in [0.15, 0.2) is 0 Å². The molecule has 0 spiro atoms. The Hall–Kier alpha value is -0.920. The summed E-state index contributed by atoms with van der Waals surface area (Å²) in [5, 5.41) is 2.03. The van der Waals surface area contributed by atoms with E-state index in [1.54, 1.807) is 32.2 Å². The second kappa shape index (κ2) is 7.62. The van der Waals surface area contributed by atoms with E-state index in [0.29, 0.717) is 28.2 Å². The van der Waals surface area contributed by atoms with Gasteiger partial charge in [0.25, 0.3) is 0 Å². The fourth-order valence-electron chi connectivity index (χ4n) is 1.39. The number of rotatable bonds is 6. The summed E-state index contributed by atoms with van der Waals surface area (Å²) in [7, 11) is 0.116. The first kappa shape index (κ1) is 16.1. The minimum Gasteiger partial charge on any atom is -0.399 e. The molecule has 1 aromatic carbocycles. The molecule has 0 bridgehead atoms. The Labute approximate surface area is 123 Å². The first-order valence-corrected chi connectivity index (χ1v) is 7.70. The van der Waals surface area contributed by atoms with Gasteiger partial charge in [-0.25, -0.2) is 0 Å². The Kier molecular flexibility index (Phi) is 6.47.